The van der Waals surface area contributed by atoms with Crippen molar-refractivity contribution in [1.29, 1.82) is 0 Å². The lowest BCUT2D eigenvalue weighted by molar-refractivity contribution is 1.09. The van der Waals surface area contributed by atoms with Gasteiger partial charge in [0.05, 0.1) is 33.1 Å². The molecular weight excluding hydrogens is 633 g/mol. The van der Waals surface area contributed by atoms with Gasteiger partial charge in [-0.15, -0.1) is 0 Å². The highest BCUT2D eigenvalue weighted by Gasteiger charge is 2.27. The molecule has 4 nitrogen and oxygen atoms in total. The van der Waals surface area contributed by atoms with E-state index in [1.54, 1.807) is 0 Å². The van der Waals surface area contributed by atoms with Crippen molar-refractivity contribution >= 4 is 65.4 Å². The van der Waals surface area contributed by atoms with Gasteiger partial charge >= 0.3 is 0 Å². The SMILES string of the molecule is c1ccc(-n2c3ccccc3c3cc(-c4ccc5c(c4)c4cccc6c4n5-c4nc5ccccc5nc4-c4cc5ccccc5cc4-6)ccc32)cc1. The topological polar surface area (TPSA) is 35.6 Å². The fourth-order valence-electron chi connectivity index (χ4n) is 8.68. The van der Waals surface area contributed by atoms with Crippen molar-refractivity contribution in [2.45, 2.75) is 0 Å². The highest BCUT2D eigenvalue weighted by molar-refractivity contribution is 6.18. The van der Waals surface area contributed by atoms with Crippen LogP contribution in [0.2, 0.25) is 0 Å². The number of nitrogens with zero attached hydrogens (tertiary/aromatic N) is 4. The lowest BCUT2D eigenvalue weighted by Crippen LogP contribution is -2.02. The largest absolute Gasteiger partial charge is 0.309 e. The highest BCUT2D eigenvalue weighted by atomic mass is 15.1. The number of hydrogen-bond acceptors (Lipinski definition) is 2. The molecule has 0 aliphatic carbocycles. The summed E-state index contributed by atoms with van der Waals surface area (Å²) in [5, 5.41) is 7.31. The van der Waals surface area contributed by atoms with Gasteiger partial charge in [-0.1, -0.05) is 103 Å². The fraction of sp³-hybridized carbons (Fsp3) is 0. The molecule has 52 heavy (non-hydrogen) atoms. The average Bonchev–Trinajstić information content (AvgIpc) is 3.69. The first kappa shape index (κ1) is 27.7. The second-order valence-electron chi connectivity index (χ2n) is 13.8. The first-order valence-electron chi connectivity index (χ1n) is 17.8. The van der Waals surface area contributed by atoms with Gasteiger partial charge in [-0.2, -0.15) is 0 Å². The molecule has 12 rings (SSSR count). The number of benzene rings is 8. The minimum Gasteiger partial charge on any atom is -0.309 e. The Bertz CT molecular complexity index is 3290. The summed E-state index contributed by atoms with van der Waals surface area (Å²) in [4.78, 5) is 10.7. The molecule has 0 unspecified atom stereocenters. The molecule has 4 heteroatoms. The van der Waals surface area contributed by atoms with Crippen LogP contribution in [-0.4, -0.2) is 19.1 Å². The Morgan fingerprint density at radius 2 is 0.962 bits per heavy atom. The van der Waals surface area contributed by atoms with Crippen molar-refractivity contribution in [2.75, 3.05) is 0 Å². The molecule has 0 spiro atoms. The van der Waals surface area contributed by atoms with Gasteiger partial charge < -0.3 is 4.57 Å². The molecule has 240 valence electrons. The van der Waals surface area contributed by atoms with E-state index in [0.29, 0.717) is 0 Å². The van der Waals surface area contributed by atoms with Crippen molar-refractivity contribution in [3.8, 4) is 45.0 Å². The maximum absolute atomic E-state index is 5.37. The average molecular weight is 661 g/mol. The van der Waals surface area contributed by atoms with E-state index in [2.05, 4.69) is 167 Å². The van der Waals surface area contributed by atoms with Crippen molar-refractivity contribution in [3.63, 3.8) is 0 Å². The van der Waals surface area contributed by atoms with E-state index in [9.17, 15) is 0 Å². The molecule has 0 amide bonds. The van der Waals surface area contributed by atoms with Crippen LogP contribution in [0.3, 0.4) is 0 Å². The van der Waals surface area contributed by atoms with Crippen LogP contribution in [0.5, 0.6) is 0 Å². The lowest BCUT2D eigenvalue weighted by Gasteiger charge is -2.13. The van der Waals surface area contributed by atoms with E-state index < -0.39 is 0 Å². The summed E-state index contributed by atoms with van der Waals surface area (Å²) in [7, 11) is 0. The zero-order chi connectivity index (χ0) is 33.9. The van der Waals surface area contributed by atoms with Gasteiger partial charge in [-0.3, -0.25) is 4.57 Å². The second-order valence-corrected chi connectivity index (χ2v) is 13.8. The van der Waals surface area contributed by atoms with E-state index in [0.717, 1.165) is 39.1 Å². The zero-order valence-electron chi connectivity index (χ0n) is 28.0. The van der Waals surface area contributed by atoms with Crippen LogP contribution in [0.1, 0.15) is 0 Å². The van der Waals surface area contributed by atoms with Crippen molar-refractivity contribution in [1.82, 2.24) is 19.1 Å². The molecule has 3 aromatic heterocycles. The van der Waals surface area contributed by atoms with E-state index in [4.69, 9.17) is 9.97 Å². The van der Waals surface area contributed by atoms with E-state index in [-0.39, 0.29) is 0 Å². The van der Waals surface area contributed by atoms with Crippen LogP contribution in [-0.2, 0) is 0 Å². The van der Waals surface area contributed by atoms with E-state index in [1.807, 2.05) is 12.1 Å². The number of aromatic nitrogens is 4. The van der Waals surface area contributed by atoms with Gasteiger partial charge in [-0.05, 0) is 94.2 Å². The van der Waals surface area contributed by atoms with Crippen molar-refractivity contribution < 1.29 is 0 Å². The maximum atomic E-state index is 5.37. The van der Waals surface area contributed by atoms with Crippen LogP contribution < -0.4 is 0 Å². The quantitative estimate of drug-likeness (QED) is 0.185. The van der Waals surface area contributed by atoms with E-state index >= 15 is 0 Å². The number of rotatable bonds is 2. The number of fused-ring (bicyclic) bond motifs is 13. The lowest BCUT2D eigenvalue weighted by atomic mass is 9.93. The normalized spacial score (nSPS) is 12.2. The third-order valence-corrected chi connectivity index (χ3v) is 11.0. The van der Waals surface area contributed by atoms with E-state index in [1.165, 1.54) is 71.3 Å². The van der Waals surface area contributed by atoms with Crippen molar-refractivity contribution in [2.24, 2.45) is 0 Å². The minimum atomic E-state index is 0.864. The minimum absolute atomic E-state index is 0.864. The number of hydrogen-bond donors (Lipinski definition) is 0. The maximum Gasteiger partial charge on any atom is 0.165 e. The molecule has 11 aromatic rings. The van der Waals surface area contributed by atoms with Gasteiger partial charge in [0.15, 0.2) is 5.82 Å². The molecule has 1 aliphatic heterocycles. The first-order valence-corrected chi connectivity index (χ1v) is 17.8. The summed E-state index contributed by atoms with van der Waals surface area (Å²) in [5.74, 6) is 0.864. The molecule has 4 heterocycles. The molecule has 0 atom stereocenters. The molecule has 0 radical (unpaired) electrons. The molecule has 0 N–H and O–H groups in total. The molecular formula is C48H28N4. The monoisotopic (exact) mass is 660 g/mol. The van der Waals surface area contributed by atoms with Crippen LogP contribution >= 0.6 is 0 Å². The predicted molar refractivity (Wildman–Crippen MR) is 216 cm³/mol. The third-order valence-electron chi connectivity index (χ3n) is 11.0. The summed E-state index contributed by atoms with van der Waals surface area (Å²) in [5.41, 5.74) is 14.4. The summed E-state index contributed by atoms with van der Waals surface area (Å²) in [6.07, 6.45) is 0. The van der Waals surface area contributed by atoms with Gasteiger partial charge in [0.1, 0.15) is 5.69 Å². The summed E-state index contributed by atoms with van der Waals surface area (Å²) in [6.45, 7) is 0. The van der Waals surface area contributed by atoms with Crippen LogP contribution in [0, 0.1) is 0 Å². The fourth-order valence-corrected chi connectivity index (χ4v) is 8.68. The molecule has 1 aliphatic rings. The van der Waals surface area contributed by atoms with Gasteiger partial charge in [0.25, 0.3) is 0 Å². The standard InChI is InChI=1S/C48H28N4/c1-2-13-33(14-3-1)51-43-20-9-6-15-34(43)38-26-31(21-23-44(38)51)32-22-24-45-39(27-32)36-17-10-16-35-37-25-29-11-4-5-12-30(29)28-40(37)46-48(52(45)47(35)36)50-42-19-8-7-18-41(42)49-46/h1-28H. The van der Waals surface area contributed by atoms with Crippen LogP contribution in [0.25, 0.3) is 110 Å². The Labute approximate surface area is 298 Å². The molecule has 8 aromatic carbocycles. The molecule has 0 saturated heterocycles. The Morgan fingerprint density at radius 1 is 0.365 bits per heavy atom. The Morgan fingerprint density at radius 3 is 1.75 bits per heavy atom. The molecule has 0 fully saturated rings. The van der Waals surface area contributed by atoms with Gasteiger partial charge in [0, 0.05) is 38.4 Å². The van der Waals surface area contributed by atoms with Crippen LogP contribution in [0.4, 0.5) is 0 Å². The van der Waals surface area contributed by atoms with Gasteiger partial charge in [0.2, 0.25) is 0 Å². The third kappa shape index (κ3) is 3.75. The zero-order valence-corrected chi connectivity index (χ0v) is 28.0. The highest BCUT2D eigenvalue weighted by Crippen LogP contribution is 2.47. The Hall–Kier alpha value is -7.04. The first-order chi connectivity index (χ1) is 25.8. The Balaban J connectivity index is 1.14. The molecule has 0 saturated carbocycles. The smallest absolute Gasteiger partial charge is 0.165 e. The molecule has 0 bridgehead atoms. The van der Waals surface area contributed by atoms with Crippen molar-refractivity contribution in [3.05, 3.63) is 170 Å². The predicted octanol–water partition coefficient (Wildman–Crippen LogP) is 12.3. The number of para-hydroxylation sites is 5. The Kier molecular flexibility index (Phi) is 5.47. The summed E-state index contributed by atoms with van der Waals surface area (Å²) in [6, 6.07) is 61.3. The summed E-state index contributed by atoms with van der Waals surface area (Å²) >= 11 is 0. The summed E-state index contributed by atoms with van der Waals surface area (Å²) < 4.78 is 4.73. The van der Waals surface area contributed by atoms with Crippen LogP contribution in [0.15, 0.2) is 170 Å². The second kappa shape index (κ2) is 10.3. The van der Waals surface area contributed by atoms with Gasteiger partial charge in [-0.25, -0.2) is 9.97 Å².